The zero-order valence-electron chi connectivity index (χ0n) is 10.1. The minimum Gasteiger partial charge on any atom is -0.368 e. The Morgan fingerprint density at radius 2 is 1.95 bits per heavy atom. The summed E-state index contributed by atoms with van der Waals surface area (Å²) < 4.78 is 1.05. The molecule has 96 valence electrons. The highest BCUT2D eigenvalue weighted by Gasteiger charge is 2.07. The van der Waals surface area contributed by atoms with Gasteiger partial charge in [-0.2, -0.15) is 4.98 Å². The van der Waals surface area contributed by atoms with Crippen molar-refractivity contribution in [3.63, 3.8) is 0 Å². The van der Waals surface area contributed by atoms with Crippen molar-refractivity contribution < 1.29 is 0 Å². The van der Waals surface area contributed by atoms with Crippen molar-refractivity contribution in [3.8, 4) is 0 Å². The van der Waals surface area contributed by atoms with Gasteiger partial charge in [-0.05, 0) is 35.0 Å². The number of halogens is 1. The Kier molecular flexibility index (Phi) is 3.62. The first-order valence-electron chi connectivity index (χ1n) is 6.01. The van der Waals surface area contributed by atoms with Crippen molar-refractivity contribution in [1.82, 2.24) is 9.97 Å². The number of anilines is 1. The first-order chi connectivity index (χ1) is 9.33. The van der Waals surface area contributed by atoms with E-state index in [-0.39, 0.29) is 5.28 Å². The first kappa shape index (κ1) is 12.4. The van der Waals surface area contributed by atoms with Gasteiger partial charge in [0.2, 0.25) is 5.28 Å². The van der Waals surface area contributed by atoms with E-state index < -0.39 is 0 Å². The summed E-state index contributed by atoms with van der Waals surface area (Å²) in [4.78, 5) is 8.45. The maximum atomic E-state index is 5.92. The first-order valence-corrected chi connectivity index (χ1v) is 7.27. The lowest BCUT2D eigenvalue weighted by Crippen LogP contribution is -2.06. The molecule has 0 radical (unpaired) electrons. The van der Waals surface area contributed by atoms with Gasteiger partial charge in [0, 0.05) is 6.54 Å². The molecule has 3 nitrogen and oxygen atoms in total. The zero-order chi connectivity index (χ0) is 13.1. The van der Waals surface area contributed by atoms with E-state index >= 15 is 0 Å². The molecule has 3 aromatic rings. The highest BCUT2D eigenvalue weighted by Crippen LogP contribution is 2.27. The summed E-state index contributed by atoms with van der Waals surface area (Å²) in [5.74, 6) is 0.820. The summed E-state index contributed by atoms with van der Waals surface area (Å²) in [5.41, 5.74) is 2.20. The number of nitrogens with zero attached hydrogens (tertiary/aromatic N) is 2. The molecule has 5 heteroatoms. The number of aromatic nitrogens is 2. The van der Waals surface area contributed by atoms with Gasteiger partial charge >= 0.3 is 0 Å². The van der Waals surface area contributed by atoms with Crippen molar-refractivity contribution in [2.24, 2.45) is 0 Å². The second kappa shape index (κ2) is 5.55. The molecular formula is C14H12ClN3S. The third-order valence-electron chi connectivity index (χ3n) is 2.83. The average molecular weight is 290 g/mol. The van der Waals surface area contributed by atoms with Crippen LogP contribution in [-0.4, -0.2) is 16.5 Å². The zero-order valence-corrected chi connectivity index (χ0v) is 11.7. The van der Waals surface area contributed by atoms with Crippen molar-refractivity contribution >= 4 is 39.0 Å². The number of hydrogen-bond acceptors (Lipinski definition) is 4. The van der Waals surface area contributed by atoms with Gasteiger partial charge in [-0.25, -0.2) is 4.98 Å². The van der Waals surface area contributed by atoms with Gasteiger partial charge in [0.25, 0.3) is 0 Å². The van der Waals surface area contributed by atoms with Crippen molar-refractivity contribution in [2.45, 2.75) is 6.42 Å². The van der Waals surface area contributed by atoms with E-state index in [1.165, 1.54) is 5.56 Å². The maximum absolute atomic E-state index is 5.92. The Bertz CT molecular complexity index is 681. The summed E-state index contributed by atoms with van der Waals surface area (Å²) in [7, 11) is 0. The molecule has 0 amide bonds. The molecule has 0 atom stereocenters. The van der Waals surface area contributed by atoms with Crippen LogP contribution in [0.3, 0.4) is 0 Å². The predicted octanol–water partition coefficient (Wildman–Crippen LogP) is 4.00. The normalized spacial score (nSPS) is 10.8. The van der Waals surface area contributed by atoms with Crippen LogP contribution >= 0.6 is 22.9 Å². The Labute approximate surface area is 120 Å². The molecule has 0 fully saturated rings. The molecule has 0 saturated carbocycles. The molecule has 1 N–H and O–H groups in total. The number of benzene rings is 1. The molecule has 0 unspecified atom stereocenters. The number of hydrogen-bond donors (Lipinski definition) is 1. The van der Waals surface area contributed by atoms with Gasteiger partial charge in [0.1, 0.15) is 5.82 Å². The van der Waals surface area contributed by atoms with Gasteiger partial charge in [0.15, 0.2) is 0 Å². The lowest BCUT2D eigenvalue weighted by molar-refractivity contribution is 1.01. The second-order valence-electron chi connectivity index (χ2n) is 4.14. The lowest BCUT2D eigenvalue weighted by Gasteiger charge is -2.06. The fraction of sp³-hybridized carbons (Fsp3) is 0.143. The summed E-state index contributed by atoms with van der Waals surface area (Å²) >= 11 is 7.54. The van der Waals surface area contributed by atoms with Crippen LogP contribution in [-0.2, 0) is 6.42 Å². The molecule has 0 spiro atoms. The average Bonchev–Trinajstić information content (AvgIpc) is 2.88. The van der Waals surface area contributed by atoms with E-state index in [4.69, 9.17) is 11.6 Å². The van der Waals surface area contributed by atoms with Crippen molar-refractivity contribution in [1.29, 1.82) is 0 Å². The minimum atomic E-state index is 0.285. The fourth-order valence-electron chi connectivity index (χ4n) is 1.92. The minimum absolute atomic E-state index is 0.285. The summed E-state index contributed by atoms with van der Waals surface area (Å²) in [5, 5.41) is 5.62. The van der Waals surface area contributed by atoms with Crippen LogP contribution in [0, 0.1) is 0 Å². The van der Waals surface area contributed by atoms with Gasteiger partial charge < -0.3 is 5.32 Å². The fourth-order valence-corrected chi connectivity index (χ4v) is 2.90. The van der Waals surface area contributed by atoms with Crippen LogP contribution in [0.15, 0.2) is 41.8 Å². The standard InChI is InChI=1S/C14H12ClN3S/c15-14-17-11-7-9-19-12(11)13(18-14)16-8-6-10-4-2-1-3-5-10/h1-5,7,9H,6,8H2,(H,16,17,18). The van der Waals surface area contributed by atoms with Crippen LogP contribution in [0.5, 0.6) is 0 Å². The number of rotatable bonds is 4. The highest BCUT2D eigenvalue weighted by atomic mass is 35.5. The van der Waals surface area contributed by atoms with Crippen molar-refractivity contribution in [3.05, 3.63) is 52.6 Å². The summed E-state index contributed by atoms with van der Waals surface area (Å²) in [6.07, 6.45) is 0.954. The maximum Gasteiger partial charge on any atom is 0.224 e. The molecule has 2 aromatic heterocycles. The molecule has 0 aliphatic carbocycles. The van der Waals surface area contributed by atoms with Crippen LogP contribution in [0.2, 0.25) is 5.28 Å². The number of fused-ring (bicyclic) bond motifs is 1. The molecule has 0 bridgehead atoms. The van der Waals surface area contributed by atoms with E-state index in [1.54, 1.807) is 11.3 Å². The van der Waals surface area contributed by atoms with E-state index in [9.17, 15) is 0 Å². The van der Waals surface area contributed by atoms with Crippen molar-refractivity contribution in [2.75, 3.05) is 11.9 Å². The van der Waals surface area contributed by atoms with Crippen LogP contribution in [0.25, 0.3) is 10.2 Å². The smallest absolute Gasteiger partial charge is 0.224 e. The summed E-state index contributed by atoms with van der Waals surface area (Å²) in [6, 6.07) is 12.3. The number of thiophene rings is 1. The molecule has 0 aliphatic rings. The van der Waals surface area contributed by atoms with E-state index in [1.807, 2.05) is 29.6 Å². The molecular weight excluding hydrogens is 278 g/mol. The van der Waals surface area contributed by atoms with Gasteiger partial charge in [-0.3, -0.25) is 0 Å². The van der Waals surface area contributed by atoms with E-state index in [0.717, 1.165) is 29.0 Å². The van der Waals surface area contributed by atoms with Gasteiger partial charge in [0.05, 0.1) is 10.2 Å². The molecule has 2 heterocycles. The third-order valence-corrected chi connectivity index (χ3v) is 3.90. The quantitative estimate of drug-likeness (QED) is 0.738. The number of nitrogens with one attached hydrogen (secondary N) is 1. The van der Waals surface area contributed by atoms with E-state index in [2.05, 4.69) is 27.4 Å². The highest BCUT2D eigenvalue weighted by molar-refractivity contribution is 7.17. The molecule has 1 aromatic carbocycles. The largest absolute Gasteiger partial charge is 0.368 e. The molecule has 0 saturated heterocycles. The van der Waals surface area contributed by atoms with Crippen LogP contribution < -0.4 is 5.32 Å². The SMILES string of the molecule is Clc1nc(NCCc2ccccc2)c2sccc2n1. The summed E-state index contributed by atoms with van der Waals surface area (Å²) in [6.45, 7) is 0.824. The Hall–Kier alpha value is -1.65. The third kappa shape index (κ3) is 2.85. The Morgan fingerprint density at radius 1 is 1.11 bits per heavy atom. The Morgan fingerprint density at radius 3 is 2.79 bits per heavy atom. The molecule has 19 heavy (non-hydrogen) atoms. The van der Waals surface area contributed by atoms with Gasteiger partial charge in [-0.1, -0.05) is 30.3 Å². The Balaban J connectivity index is 1.73. The predicted molar refractivity (Wildman–Crippen MR) is 81.1 cm³/mol. The monoisotopic (exact) mass is 289 g/mol. The topological polar surface area (TPSA) is 37.8 Å². The lowest BCUT2D eigenvalue weighted by atomic mass is 10.1. The van der Waals surface area contributed by atoms with Crippen LogP contribution in [0.4, 0.5) is 5.82 Å². The molecule has 3 rings (SSSR count). The molecule has 0 aliphatic heterocycles. The van der Waals surface area contributed by atoms with E-state index in [0.29, 0.717) is 0 Å². The van der Waals surface area contributed by atoms with Gasteiger partial charge in [-0.15, -0.1) is 11.3 Å². The van der Waals surface area contributed by atoms with Crippen LogP contribution in [0.1, 0.15) is 5.56 Å². The second-order valence-corrected chi connectivity index (χ2v) is 5.39.